The molecule has 1 amide bonds. The van der Waals surface area contributed by atoms with E-state index in [0.717, 1.165) is 34.4 Å². The molecular weight excluding hydrogens is 662 g/mol. The Hall–Kier alpha value is -4.01. The average Bonchev–Trinajstić information content (AvgIpc) is 3.59. The lowest BCUT2D eigenvalue weighted by atomic mass is 9.89. The molecule has 0 radical (unpaired) electrons. The van der Waals surface area contributed by atoms with Crippen molar-refractivity contribution in [2.24, 2.45) is 5.92 Å². The van der Waals surface area contributed by atoms with Gasteiger partial charge in [0.25, 0.3) is 0 Å². The molecule has 1 aromatic carbocycles. The lowest BCUT2D eigenvalue weighted by molar-refractivity contribution is -0.160. The molecule has 15 heteroatoms. The van der Waals surface area contributed by atoms with Crippen LogP contribution in [0, 0.1) is 11.7 Å². The fraction of sp³-hybridized carbons (Fsp3) is 0.424. The smallest absolute Gasteiger partial charge is 0.415 e. The summed E-state index contributed by atoms with van der Waals surface area (Å²) in [6, 6.07) is 8.60. The van der Waals surface area contributed by atoms with Gasteiger partial charge >= 0.3 is 12.1 Å². The van der Waals surface area contributed by atoms with Gasteiger partial charge in [-0.15, -0.1) is 11.8 Å². The molecule has 0 saturated carbocycles. The van der Waals surface area contributed by atoms with E-state index in [4.69, 9.17) is 9.47 Å². The molecule has 5 rings (SSSR count). The van der Waals surface area contributed by atoms with Crippen LogP contribution < -0.4 is 10.2 Å². The third kappa shape index (κ3) is 8.52. The van der Waals surface area contributed by atoms with Crippen molar-refractivity contribution in [2.45, 2.75) is 49.2 Å². The number of piperazine rings is 1. The maximum atomic E-state index is 14.1. The number of carbonyl (C=O) groups excluding carboxylic acids is 3. The summed E-state index contributed by atoms with van der Waals surface area (Å²) in [4.78, 5) is 46.8. The van der Waals surface area contributed by atoms with Crippen LogP contribution in [0.2, 0.25) is 0 Å². The number of nitrogens with one attached hydrogen (secondary N) is 1. The van der Waals surface area contributed by atoms with Crippen LogP contribution in [0.25, 0.3) is 0 Å². The van der Waals surface area contributed by atoms with Crippen LogP contribution in [-0.4, -0.2) is 96.2 Å². The van der Waals surface area contributed by atoms with E-state index in [-0.39, 0.29) is 22.6 Å². The maximum absolute atomic E-state index is 14.1. The first-order chi connectivity index (χ1) is 22.9. The second-order valence-corrected chi connectivity index (χ2v) is 15.4. The normalized spacial score (nSPS) is 20.7. The third-order valence-electron chi connectivity index (χ3n) is 7.80. The molecule has 3 aliphatic rings. The summed E-state index contributed by atoms with van der Waals surface area (Å²) < 4.78 is 54.3. The molecule has 3 heterocycles. The fourth-order valence-corrected chi connectivity index (χ4v) is 8.56. The van der Waals surface area contributed by atoms with Gasteiger partial charge in [-0.05, 0) is 75.7 Å². The summed E-state index contributed by atoms with van der Waals surface area (Å²) in [5.74, 6) is 1.20. The number of anilines is 1. The van der Waals surface area contributed by atoms with Crippen LogP contribution in [0.15, 0.2) is 83.1 Å². The zero-order valence-electron chi connectivity index (χ0n) is 26.9. The highest BCUT2D eigenvalue weighted by molar-refractivity contribution is 8.01. The van der Waals surface area contributed by atoms with E-state index < -0.39 is 51.0 Å². The summed E-state index contributed by atoms with van der Waals surface area (Å²) in [6.07, 6.45) is 5.42. The van der Waals surface area contributed by atoms with Gasteiger partial charge in [0.05, 0.1) is 4.90 Å². The van der Waals surface area contributed by atoms with Crippen molar-refractivity contribution >= 4 is 45.6 Å². The number of benzene rings is 1. The highest BCUT2D eigenvalue weighted by atomic mass is 32.2. The molecule has 48 heavy (non-hydrogen) atoms. The molecule has 2 fully saturated rings. The van der Waals surface area contributed by atoms with Crippen molar-refractivity contribution in [2.75, 3.05) is 43.4 Å². The van der Waals surface area contributed by atoms with Crippen molar-refractivity contribution in [3.63, 3.8) is 0 Å². The van der Waals surface area contributed by atoms with Gasteiger partial charge in [0.1, 0.15) is 40.5 Å². The van der Waals surface area contributed by atoms with Gasteiger partial charge in [0.2, 0.25) is 10.0 Å². The van der Waals surface area contributed by atoms with E-state index in [1.807, 2.05) is 24.1 Å². The third-order valence-corrected chi connectivity index (χ3v) is 11.0. The number of rotatable bonds is 9. The van der Waals surface area contributed by atoms with E-state index in [1.165, 1.54) is 23.9 Å². The lowest BCUT2D eigenvalue weighted by Gasteiger charge is -2.36. The lowest BCUT2D eigenvalue weighted by Crippen LogP contribution is -2.54. The van der Waals surface area contributed by atoms with Crippen molar-refractivity contribution in [3.8, 4) is 0 Å². The number of hydrogen-bond acceptors (Lipinski definition) is 11. The van der Waals surface area contributed by atoms with Gasteiger partial charge in [-0.25, -0.2) is 27.4 Å². The Morgan fingerprint density at radius 2 is 1.88 bits per heavy atom. The molecule has 1 N–H and O–H groups in total. The van der Waals surface area contributed by atoms with Crippen LogP contribution in [-0.2, 0) is 29.1 Å². The highest BCUT2D eigenvalue weighted by Gasteiger charge is 2.45. The second-order valence-electron chi connectivity index (χ2n) is 12.4. The van der Waals surface area contributed by atoms with Crippen LogP contribution in [0.5, 0.6) is 0 Å². The van der Waals surface area contributed by atoms with Crippen LogP contribution >= 0.6 is 11.8 Å². The number of thioether (sulfide) groups is 1. The summed E-state index contributed by atoms with van der Waals surface area (Å²) in [5, 5.41) is 3.12. The number of nitrogens with zero attached hydrogens (tertiary/aromatic N) is 4. The zero-order chi connectivity index (χ0) is 34.5. The number of aromatic nitrogens is 1. The quantitative estimate of drug-likeness (QED) is 0.303. The van der Waals surface area contributed by atoms with E-state index in [0.29, 0.717) is 38.5 Å². The van der Waals surface area contributed by atoms with Crippen molar-refractivity contribution in [3.05, 3.63) is 84.0 Å². The number of pyridine rings is 1. The Kier molecular flexibility index (Phi) is 11.1. The SMILES string of the molecule is CC(C)(C)OC(=O)[C@H](CC1C=CC(OC(=O)N2CCN(c3ccccn3)CC2)=CC1=C=O)N(C1NCCS1)S(=O)(=O)c1ccc(F)cc1. The molecule has 3 atom stereocenters. The minimum atomic E-state index is -4.38. The number of carbonyl (C=O) groups is 2. The first kappa shape index (κ1) is 35.3. The Balaban J connectivity index is 1.35. The summed E-state index contributed by atoms with van der Waals surface area (Å²) in [7, 11) is -4.38. The molecule has 2 unspecified atom stereocenters. The first-order valence-corrected chi connectivity index (χ1v) is 18.0. The maximum Gasteiger partial charge on any atom is 0.415 e. The average molecular weight is 700 g/mol. The predicted molar refractivity (Wildman–Crippen MR) is 178 cm³/mol. The molecule has 1 aliphatic carbocycles. The monoisotopic (exact) mass is 699 g/mol. The van der Waals surface area contributed by atoms with E-state index in [9.17, 15) is 27.2 Å². The molecule has 2 saturated heterocycles. The van der Waals surface area contributed by atoms with E-state index >= 15 is 0 Å². The predicted octanol–water partition coefficient (Wildman–Crippen LogP) is 3.72. The van der Waals surface area contributed by atoms with E-state index in [2.05, 4.69) is 15.2 Å². The molecule has 12 nitrogen and oxygen atoms in total. The molecule has 256 valence electrons. The highest BCUT2D eigenvalue weighted by Crippen LogP contribution is 2.34. The topological polar surface area (TPSA) is 138 Å². The standard InChI is InChI=1S/C33H38FN5O7S2/c1-33(2,3)46-30(41)28(39(31-36-14-19-47-31)48(43,44)27-11-8-25(34)9-12-27)21-23-7-10-26(20-24(23)22-40)45-32(42)38-17-15-37(16-18-38)29-6-4-5-13-35-29/h4-13,20,23,28,31,36H,14-19,21H2,1-3H3/t23?,28-,31?/m0/s1. The Labute approximate surface area is 283 Å². The van der Waals surface area contributed by atoms with Gasteiger partial charge in [-0.3, -0.25) is 10.1 Å². The Morgan fingerprint density at radius 3 is 2.48 bits per heavy atom. The number of allylic oxidation sites excluding steroid dienone is 4. The minimum Gasteiger partial charge on any atom is -0.459 e. The zero-order valence-corrected chi connectivity index (χ0v) is 28.5. The number of hydrogen-bond donors (Lipinski definition) is 1. The Bertz CT molecular complexity index is 1690. The van der Waals surface area contributed by atoms with Crippen LogP contribution in [0.1, 0.15) is 27.2 Å². The molecule has 0 spiro atoms. The van der Waals surface area contributed by atoms with Crippen molar-refractivity contribution < 1.29 is 36.7 Å². The fourth-order valence-electron chi connectivity index (χ4n) is 5.50. The number of esters is 1. The number of amides is 1. The van der Waals surface area contributed by atoms with E-state index in [1.54, 1.807) is 37.9 Å². The van der Waals surface area contributed by atoms with Gasteiger partial charge in [-0.2, -0.15) is 4.31 Å². The van der Waals surface area contributed by atoms with Gasteiger partial charge in [0.15, 0.2) is 0 Å². The summed E-state index contributed by atoms with van der Waals surface area (Å²) in [6.45, 7) is 7.46. The van der Waals surface area contributed by atoms with Gasteiger partial charge < -0.3 is 19.3 Å². The largest absolute Gasteiger partial charge is 0.459 e. The second kappa shape index (κ2) is 15.0. The molecule has 0 bridgehead atoms. The summed E-state index contributed by atoms with van der Waals surface area (Å²) in [5.41, 5.74) is -1.72. The Morgan fingerprint density at radius 1 is 1.15 bits per heavy atom. The van der Waals surface area contributed by atoms with Gasteiger partial charge in [0, 0.05) is 56.2 Å². The van der Waals surface area contributed by atoms with Crippen LogP contribution in [0.3, 0.4) is 0 Å². The number of ether oxygens (including phenoxy) is 2. The van der Waals surface area contributed by atoms with Crippen molar-refractivity contribution in [1.82, 2.24) is 19.5 Å². The summed E-state index contributed by atoms with van der Waals surface area (Å²) >= 11 is 1.30. The molecule has 1 aromatic heterocycles. The first-order valence-electron chi connectivity index (χ1n) is 15.5. The van der Waals surface area contributed by atoms with Gasteiger partial charge in [-0.1, -0.05) is 12.1 Å². The van der Waals surface area contributed by atoms with Crippen LogP contribution in [0.4, 0.5) is 15.0 Å². The minimum absolute atomic E-state index is 0.0694. The molecule has 2 aromatic rings. The number of sulfonamides is 1. The molecular formula is C33H38FN5O7S2. The number of halogens is 1. The van der Waals surface area contributed by atoms with Crippen molar-refractivity contribution in [1.29, 1.82) is 0 Å². The molecule has 2 aliphatic heterocycles.